The highest BCUT2D eigenvalue weighted by molar-refractivity contribution is 7.12. The maximum Gasteiger partial charge on any atom is 0.264 e. The van der Waals surface area contributed by atoms with E-state index in [0.717, 1.165) is 56.3 Å². The minimum atomic E-state index is 0.183. The number of carbonyl (C=O) groups excluding carboxylic acids is 1. The second-order valence-electron chi connectivity index (χ2n) is 7.21. The van der Waals surface area contributed by atoms with Crippen LogP contribution in [0.15, 0.2) is 36.0 Å². The van der Waals surface area contributed by atoms with Gasteiger partial charge in [-0.3, -0.25) is 14.7 Å². The normalized spacial score (nSPS) is 24.1. The van der Waals surface area contributed by atoms with Crippen LogP contribution in [0, 0.1) is 12.8 Å². The first kappa shape index (κ1) is 17.6. The van der Waals surface area contributed by atoms with Crippen LogP contribution >= 0.6 is 11.3 Å². The van der Waals surface area contributed by atoms with Crippen molar-refractivity contribution < 1.29 is 9.53 Å². The molecule has 2 atom stereocenters. The summed E-state index contributed by atoms with van der Waals surface area (Å²) in [6, 6.07) is 6.47. The average Bonchev–Trinajstić information content (AvgIpc) is 3.00. The fourth-order valence-corrected chi connectivity index (χ4v) is 4.91. The van der Waals surface area contributed by atoms with Gasteiger partial charge in [0.15, 0.2) is 0 Å². The summed E-state index contributed by atoms with van der Waals surface area (Å²) in [5.74, 6) is 0.671. The lowest BCUT2D eigenvalue weighted by Crippen LogP contribution is -2.54. The van der Waals surface area contributed by atoms with E-state index in [4.69, 9.17) is 4.74 Å². The number of piperidine rings is 1. The largest absolute Gasteiger partial charge is 0.380 e. The summed E-state index contributed by atoms with van der Waals surface area (Å²) in [5.41, 5.74) is 2.30. The zero-order valence-electron chi connectivity index (χ0n) is 15.1. The molecule has 2 saturated heterocycles. The molecule has 0 N–H and O–H groups in total. The summed E-state index contributed by atoms with van der Waals surface area (Å²) < 4.78 is 5.86. The molecular weight excluding hydrogens is 346 g/mol. The smallest absolute Gasteiger partial charge is 0.264 e. The second kappa shape index (κ2) is 7.86. The minimum Gasteiger partial charge on any atom is -0.380 e. The highest BCUT2D eigenvalue weighted by atomic mass is 32.1. The third-order valence-corrected chi connectivity index (χ3v) is 6.50. The maximum absolute atomic E-state index is 13.0. The fourth-order valence-electron chi connectivity index (χ4n) is 4.01. The summed E-state index contributed by atoms with van der Waals surface area (Å²) in [4.78, 5) is 22.6. The van der Waals surface area contributed by atoms with Crippen LogP contribution in [-0.4, -0.2) is 59.6 Å². The SMILES string of the molecule is Cc1ccsc1C(=O)N1CC[C@@H]2COCCN(Cc3cccnc3)[C@@H]2C1. The van der Waals surface area contributed by atoms with Crippen molar-refractivity contribution in [1.82, 2.24) is 14.8 Å². The van der Waals surface area contributed by atoms with Crippen molar-refractivity contribution in [2.75, 3.05) is 32.8 Å². The third-order valence-electron chi connectivity index (χ3n) is 5.50. The van der Waals surface area contributed by atoms with Gasteiger partial charge in [0.1, 0.15) is 0 Å². The lowest BCUT2D eigenvalue weighted by Gasteiger charge is -2.42. The Morgan fingerprint density at radius 2 is 2.31 bits per heavy atom. The number of carbonyl (C=O) groups is 1. The van der Waals surface area contributed by atoms with Crippen molar-refractivity contribution in [2.45, 2.75) is 25.9 Å². The molecule has 26 heavy (non-hydrogen) atoms. The van der Waals surface area contributed by atoms with E-state index >= 15 is 0 Å². The molecule has 0 spiro atoms. The molecule has 1 amide bonds. The first-order valence-electron chi connectivity index (χ1n) is 9.26. The number of aromatic nitrogens is 1. The van der Waals surface area contributed by atoms with Crippen LogP contribution in [-0.2, 0) is 11.3 Å². The summed E-state index contributed by atoms with van der Waals surface area (Å²) in [7, 11) is 0. The molecule has 0 bridgehead atoms. The Balaban J connectivity index is 1.52. The first-order valence-corrected chi connectivity index (χ1v) is 10.1. The van der Waals surface area contributed by atoms with E-state index < -0.39 is 0 Å². The molecular formula is C20H25N3O2S. The number of hydrogen-bond donors (Lipinski definition) is 0. The molecule has 4 heterocycles. The highest BCUT2D eigenvalue weighted by Gasteiger charge is 2.37. The van der Waals surface area contributed by atoms with Gasteiger partial charge in [-0.25, -0.2) is 0 Å². The fraction of sp³-hybridized carbons (Fsp3) is 0.500. The van der Waals surface area contributed by atoms with E-state index in [2.05, 4.69) is 16.0 Å². The van der Waals surface area contributed by atoms with Gasteiger partial charge in [0.25, 0.3) is 5.91 Å². The molecule has 2 aromatic heterocycles. The van der Waals surface area contributed by atoms with Crippen molar-refractivity contribution in [3.63, 3.8) is 0 Å². The van der Waals surface area contributed by atoms with Crippen molar-refractivity contribution in [3.8, 4) is 0 Å². The first-order chi connectivity index (χ1) is 12.7. The zero-order chi connectivity index (χ0) is 17.9. The second-order valence-corrected chi connectivity index (χ2v) is 8.12. The molecule has 5 nitrogen and oxygen atoms in total. The van der Waals surface area contributed by atoms with Crippen LogP contribution in [0.5, 0.6) is 0 Å². The Labute approximate surface area is 158 Å². The molecule has 0 saturated carbocycles. The Kier molecular flexibility index (Phi) is 5.33. The molecule has 0 unspecified atom stereocenters. The van der Waals surface area contributed by atoms with Crippen LogP contribution in [0.1, 0.15) is 27.2 Å². The van der Waals surface area contributed by atoms with Crippen LogP contribution in [0.25, 0.3) is 0 Å². The Morgan fingerprint density at radius 3 is 3.08 bits per heavy atom. The van der Waals surface area contributed by atoms with Gasteiger partial charge >= 0.3 is 0 Å². The number of rotatable bonds is 3. The summed E-state index contributed by atoms with van der Waals surface area (Å²) in [6.07, 6.45) is 4.74. The number of nitrogens with zero attached hydrogens (tertiary/aromatic N) is 3. The van der Waals surface area contributed by atoms with Gasteiger partial charge in [-0.15, -0.1) is 11.3 Å². The standard InChI is InChI=1S/C20H25N3O2S/c1-15-5-10-26-19(15)20(24)23-7-4-17-14-25-9-8-22(18(17)13-23)12-16-3-2-6-21-11-16/h2-3,5-6,10-11,17-18H,4,7-9,12-14H2,1H3/t17-,18-/m1/s1. The highest BCUT2D eigenvalue weighted by Crippen LogP contribution is 2.28. The molecule has 6 heteroatoms. The number of fused-ring (bicyclic) bond motifs is 1. The zero-order valence-corrected chi connectivity index (χ0v) is 16.0. The van der Waals surface area contributed by atoms with Crippen LogP contribution in [0.3, 0.4) is 0 Å². The van der Waals surface area contributed by atoms with E-state index in [1.165, 1.54) is 5.56 Å². The summed E-state index contributed by atoms with van der Waals surface area (Å²) in [5, 5.41) is 2.00. The van der Waals surface area contributed by atoms with Crippen LogP contribution in [0.4, 0.5) is 0 Å². The maximum atomic E-state index is 13.0. The molecule has 0 aromatic carbocycles. The Hall–Kier alpha value is -1.76. The topological polar surface area (TPSA) is 45.7 Å². The van der Waals surface area contributed by atoms with Gasteiger partial charge in [-0.2, -0.15) is 0 Å². The van der Waals surface area contributed by atoms with Crippen LogP contribution < -0.4 is 0 Å². The molecule has 138 valence electrons. The number of hydrogen-bond acceptors (Lipinski definition) is 5. The van der Waals surface area contributed by atoms with E-state index in [1.807, 2.05) is 41.7 Å². The predicted octanol–water partition coefficient (Wildman–Crippen LogP) is 2.81. The lowest BCUT2D eigenvalue weighted by molar-refractivity contribution is 0.0373. The van der Waals surface area contributed by atoms with Crippen molar-refractivity contribution >= 4 is 17.2 Å². The third kappa shape index (κ3) is 3.68. The van der Waals surface area contributed by atoms with Gasteiger partial charge in [0.2, 0.25) is 0 Å². The molecule has 0 radical (unpaired) electrons. The number of amides is 1. The summed E-state index contributed by atoms with van der Waals surface area (Å²) >= 11 is 1.55. The van der Waals surface area contributed by atoms with Crippen LogP contribution in [0.2, 0.25) is 0 Å². The van der Waals surface area contributed by atoms with Gasteiger partial charge in [-0.05, 0) is 42.0 Å². The molecule has 4 rings (SSSR count). The summed E-state index contributed by atoms with van der Waals surface area (Å²) in [6.45, 7) is 6.94. The molecule has 2 aromatic rings. The molecule has 0 aliphatic carbocycles. The average molecular weight is 372 g/mol. The number of aryl methyl sites for hydroxylation is 1. The Morgan fingerprint density at radius 1 is 1.38 bits per heavy atom. The lowest BCUT2D eigenvalue weighted by atomic mass is 9.90. The van der Waals surface area contributed by atoms with E-state index in [9.17, 15) is 4.79 Å². The van der Waals surface area contributed by atoms with E-state index in [1.54, 1.807) is 11.3 Å². The molecule has 2 aliphatic heterocycles. The number of likely N-dealkylation sites (tertiary alicyclic amines) is 1. The molecule has 2 aliphatic rings. The monoisotopic (exact) mass is 371 g/mol. The van der Waals surface area contributed by atoms with Gasteiger partial charge < -0.3 is 9.64 Å². The number of pyridine rings is 1. The molecule has 2 fully saturated rings. The van der Waals surface area contributed by atoms with Crippen molar-refractivity contribution in [1.29, 1.82) is 0 Å². The van der Waals surface area contributed by atoms with Gasteiger partial charge in [-0.1, -0.05) is 6.07 Å². The Bertz CT molecular complexity index is 749. The minimum absolute atomic E-state index is 0.183. The predicted molar refractivity (Wildman–Crippen MR) is 102 cm³/mol. The number of thiophene rings is 1. The van der Waals surface area contributed by atoms with Gasteiger partial charge in [0.05, 0.1) is 18.1 Å². The van der Waals surface area contributed by atoms with E-state index in [0.29, 0.717) is 12.0 Å². The van der Waals surface area contributed by atoms with Crippen molar-refractivity contribution in [2.24, 2.45) is 5.92 Å². The quantitative estimate of drug-likeness (QED) is 0.832. The van der Waals surface area contributed by atoms with E-state index in [-0.39, 0.29) is 5.91 Å². The van der Waals surface area contributed by atoms with Crippen molar-refractivity contribution in [3.05, 3.63) is 52.0 Å². The number of ether oxygens (including phenoxy) is 1. The van der Waals surface area contributed by atoms with Gasteiger partial charge in [0, 0.05) is 50.5 Å².